The molecule has 11 heteroatoms. The van der Waals surface area contributed by atoms with E-state index in [0.29, 0.717) is 6.61 Å². The summed E-state index contributed by atoms with van der Waals surface area (Å²) >= 11 is 0. The summed E-state index contributed by atoms with van der Waals surface area (Å²) in [5, 5.41) is 9.87. The zero-order valence-electron chi connectivity index (χ0n) is 18.9. The molecule has 1 amide bonds. The SMILES string of the molecule is CN(C)S(=O)(=O)N[C@H]1[C@H]2COC[C@H]2N(C(=O)O)[C@H]1COC1CCC(c2cccc(F)c2)CC1. The van der Waals surface area contributed by atoms with E-state index in [1.54, 1.807) is 12.1 Å². The lowest BCUT2D eigenvalue weighted by Gasteiger charge is -2.33. The highest BCUT2D eigenvalue weighted by atomic mass is 32.2. The molecule has 4 rings (SSSR count). The predicted molar refractivity (Wildman–Crippen MR) is 119 cm³/mol. The van der Waals surface area contributed by atoms with Gasteiger partial charge in [-0.15, -0.1) is 0 Å². The zero-order chi connectivity index (χ0) is 23.8. The third-order valence-corrected chi connectivity index (χ3v) is 8.70. The van der Waals surface area contributed by atoms with Gasteiger partial charge in [0.25, 0.3) is 10.2 Å². The molecule has 1 aromatic rings. The molecule has 1 aliphatic carbocycles. The van der Waals surface area contributed by atoms with E-state index in [1.807, 2.05) is 6.07 Å². The molecule has 33 heavy (non-hydrogen) atoms. The van der Waals surface area contributed by atoms with Gasteiger partial charge >= 0.3 is 6.09 Å². The van der Waals surface area contributed by atoms with Crippen LogP contribution in [0.15, 0.2) is 24.3 Å². The maximum atomic E-state index is 13.6. The second kappa shape index (κ2) is 9.83. The number of likely N-dealkylation sites (tertiary alicyclic amines) is 1. The molecule has 184 valence electrons. The number of rotatable bonds is 7. The van der Waals surface area contributed by atoms with Crippen molar-refractivity contribution < 1.29 is 32.2 Å². The number of hydrogen-bond acceptors (Lipinski definition) is 5. The van der Waals surface area contributed by atoms with Gasteiger partial charge in [-0.3, -0.25) is 4.90 Å². The van der Waals surface area contributed by atoms with E-state index in [0.717, 1.165) is 35.6 Å². The van der Waals surface area contributed by atoms with Crippen LogP contribution in [0.25, 0.3) is 0 Å². The first kappa shape index (κ1) is 24.3. The molecular formula is C22H32FN3O6S. The van der Waals surface area contributed by atoms with E-state index in [4.69, 9.17) is 9.47 Å². The Bertz CT molecular complexity index is 953. The fourth-order valence-electron chi connectivity index (χ4n) is 5.36. The topological polar surface area (TPSA) is 108 Å². The molecule has 2 aliphatic heterocycles. The second-order valence-electron chi connectivity index (χ2n) is 9.32. The summed E-state index contributed by atoms with van der Waals surface area (Å²) < 4.78 is 54.0. The number of benzene rings is 1. The van der Waals surface area contributed by atoms with E-state index in [-0.39, 0.29) is 37.0 Å². The third kappa shape index (κ3) is 5.17. The van der Waals surface area contributed by atoms with Crippen molar-refractivity contribution in [1.82, 2.24) is 13.9 Å². The molecule has 0 unspecified atom stereocenters. The van der Waals surface area contributed by atoms with Crippen molar-refractivity contribution in [3.63, 3.8) is 0 Å². The van der Waals surface area contributed by atoms with Crippen molar-refractivity contribution in [2.75, 3.05) is 33.9 Å². The number of amides is 1. The van der Waals surface area contributed by atoms with Crippen LogP contribution in [0.2, 0.25) is 0 Å². The second-order valence-corrected chi connectivity index (χ2v) is 11.2. The summed E-state index contributed by atoms with van der Waals surface area (Å²) in [6, 6.07) is 5.01. The lowest BCUT2D eigenvalue weighted by molar-refractivity contribution is -0.0121. The van der Waals surface area contributed by atoms with Gasteiger partial charge in [0.1, 0.15) is 5.82 Å². The number of carboxylic acid groups (broad SMARTS) is 1. The molecule has 1 aromatic carbocycles. The maximum Gasteiger partial charge on any atom is 0.408 e. The molecule has 3 fully saturated rings. The lowest BCUT2D eigenvalue weighted by atomic mass is 9.82. The number of ether oxygens (including phenoxy) is 2. The van der Waals surface area contributed by atoms with E-state index < -0.39 is 34.4 Å². The Morgan fingerprint density at radius 2 is 2.00 bits per heavy atom. The number of carbonyl (C=O) groups is 1. The van der Waals surface area contributed by atoms with Gasteiger partial charge in [-0.2, -0.15) is 17.4 Å². The van der Waals surface area contributed by atoms with Gasteiger partial charge in [-0.25, -0.2) is 9.18 Å². The molecule has 2 heterocycles. The molecular weight excluding hydrogens is 453 g/mol. The van der Waals surface area contributed by atoms with Crippen LogP contribution in [0, 0.1) is 11.7 Å². The van der Waals surface area contributed by atoms with Crippen molar-refractivity contribution in [2.24, 2.45) is 5.92 Å². The zero-order valence-corrected chi connectivity index (χ0v) is 19.7. The highest BCUT2D eigenvalue weighted by molar-refractivity contribution is 7.87. The highest BCUT2D eigenvalue weighted by Gasteiger charge is 2.55. The van der Waals surface area contributed by atoms with Crippen LogP contribution in [0.5, 0.6) is 0 Å². The largest absolute Gasteiger partial charge is 0.465 e. The molecule has 2 N–H and O–H groups in total. The minimum absolute atomic E-state index is 0.0479. The summed E-state index contributed by atoms with van der Waals surface area (Å²) in [6.45, 7) is 0.645. The Morgan fingerprint density at radius 1 is 1.27 bits per heavy atom. The number of fused-ring (bicyclic) bond motifs is 1. The quantitative estimate of drug-likeness (QED) is 0.612. The molecule has 0 spiro atoms. The molecule has 4 atom stereocenters. The van der Waals surface area contributed by atoms with Crippen LogP contribution < -0.4 is 4.72 Å². The van der Waals surface area contributed by atoms with Crippen molar-refractivity contribution in [2.45, 2.75) is 55.8 Å². The Balaban J connectivity index is 1.42. The monoisotopic (exact) mass is 485 g/mol. The van der Waals surface area contributed by atoms with E-state index in [1.165, 1.54) is 25.1 Å². The fraction of sp³-hybridized carbons (Fsp3) is 0.682. The summed E-state index contributed by atoms with van der Waals surface area (Å²) in [5.41, 5.74) is 0.993. The van der Waals surface area contributed by atoms with Crippen LogP contribution in [-0.4, -0.2) is 87.0 Å². The third-order valence-electron chi connectivity index (χ3n) is 7.17. The van der Waals surface area contributed by atoms with Gasteiger partial charge in [0.2, 0.25) is 0 Å². The van der Waals surface area contributed by atoms with Gasteiger partial charge in [0, 0.05) is 20.0 Å². The van der Waals surface area contributed by atoms with Crippen LogP contribution in [0.4, 0.5) is 9.18 Å². The van der Waals surface area contributed by atoms with Crippen molar-refractivity contribution in [3.05, 3.63) is 35.6 Å². The van der Waals surface area contributed by atoms with E-state index in [9.17, 15) is 22.7 Å². The Labute approximate surface area is 194 Å². The Morgan fingerprint density at radius 3 is 2.64 bits per heavy atom. The van der Waals surface area contributed by atoms with Gasteiger partial charge in [0.15, 0.2) is 0 Å². The molecule has 0 radical (unpaired) electrons. The average Bonchev–Trinajstić information content (AvgIpc) is 3.34. The van der Waals surface area contributed by atoms with Crippen molar-refractivity contribution in [1.29, 1.82) is 0 Å². The van der Waals surface area contributed by atoms with Crippen LogP contribution in [0.1, 0.15) is 37.2 Å². The first-order chi connectivity index (χ1) is 15.7. The minimum atomic E-state index is -3.76. The fourth-order valence-corrected chi connectivity index (χ4v) is 6.25. The summed E-state index contributed by atoms with van der Waals surface area (Å²) in [5.74, 6) is -0.228. The highest BCUT2D eigenvalue weighted by Crippen LogP contribution is 2.38. The Hall–Kier alpha value is -1.79. The summed E-state index contributed by atoms with van der Waals surface area (Å²) in [7, 11) is -0.909. The predicted octanol–water partition coefficient (Wildman–Crippen LogP) is 2.01. The van der Waals surface area contributed by atoms with Gasteiger partial charge < -0.3 is 14.6 Å². The van der Waals surface area contributed by atoms with Crippen molar-refractivity contribution in [3.8, 4) is 0 Å². The Kier molecular flexibility index (Phi) is 7.25. The average molecular weight is 486 g/mol. The van der Waals surface area contributed by atoms with Crippen LogP contribution in [-0.2, 0) is 19.7 Å². The van der Waals surface area contributed by atoms with Gasteiger partial charge in [-0.05, 0) is 49.3 Å². The molecule has 1 saturated carbocycles. The molecule has 0 aromatic heterocycles. The number of nitrogens with one attached hydrogen (secondary N) is 1. The minimum Gasteiger partial charge on any atom is -0.465 e. The maximum absolute atomic E-state index is 13.6. The number of halogens is 1. The van der Waals surface area contributed by atoms with Crippen molar-refractivity contribution >= 4 is 16.3 Å². The van der Waals surface area contributed by atoms with E-state index >= 15 is 0 Å². The first-order valence-electron chi connectivity index (χ1n) is 11.3. The lowest BCUT2D eigenvalue weighted by Crippen LogP contribution is -2.53. The molecule has 0 bridgehead atoms. The van der Waals surface area contributed by atoms with Crippen LogP contribution in [0.3, 0.4) is 0 Å². The smallest absolute Gasteiger partial charge is 0.408 e. The molecule has 9 nitrogen and oxygen atoms in total. The van der Waals surface area contributed by atoms with E-state index in [2.05, 4.69) is 4.72 Å². The van der Waals surface area contributed by atoms with Gasteiger partial charge in [-0.1, -0.05) is 12.1 Å². The normalized spacial score (nSPS) is 32.3. The summed E-state index contributed by atoms with van der Waals surface area (Å²) in [4.78, 5) is 13.4. The summed E-state index contributed by atoms with van der Waals surface area (Å²) in [6.07, 6.45) is 2.13. The van der Waals surface area contributed by atoms with Crippen LogP contribution >= 0.6 is 0 Å². The number of nitrogens with zero attached hydrogens (tertiary/aromatic N) is 2. The first-order valence-corrected chi connectivity index (χ1v) is 12.8. The standard InChI is InChI=1S/C22H32FN3O6S/c1-25(2)33(29,30)24-21-18-11-31-12-19(18)26(22(27)28)20(21)13-32-17-8-6-14(7-9-17)15-4-3-5-16(23)10-15/h3-5,10,14,17-21,24H,6-9,11-13H2,1-2H3,(H,27,28)/t14?,17?,18-,19+,20-,21-/m0/s1. The molecule has 2 saturated heterocycles. The number of hydrogen-bond donors (Lipinski definition) is 2. The molecule has 3 aliphatic rings. The van der Waals surface area contributed by atoms with Gasteiger partial charge in [0.05, 0.1) is 44.1 Å².